The molecule has 0 amide bonds. The molecule has 1 aromatic rings. The van der Waals surface area contributed by atoms with Crippen molar-refractivity contribution in [3.8, 4) is 0 Å². The summed E-state index contributed by atoms with van der Waals surface area (Å²) in [5.74, 6) is 1.49. The van der Waals surface area contributed by atoms with Crippen LogP contribution in [0.3, 0.4) is 0 Å². The largest absolute Gasteiger partial charge is 0.424 e. The first kappa shape index (κ1) is 14.2. The van der Waals surface area contributed by atoms with Gasteiger partial charge in [0.1, 0.15) is 0 Å². The fourth-order valence-electron chi connectivity index (χ4n) is 1.69. The molecule has 0 aliphatic heterocycles. The maximum Gasteiger partial charge on any atom is 0.233 e. The van der Waals surface area contributed by atoms with E-state index in [4.69, 9.17) is 4.42 Å². The Morgan fingerprint density at radius 1 is 1.12 bits per heavy atom. The standard InChI is InChI=1S/C13H25N3O/c1-4-6-7-8-9-12-15-16-13(17-12)11(3)14-10-5-2/h11,14H,4-10H2,1-3H3. The first-order valence-corrected chi connectivity index (χ1v) is 6.83. The Labute approximate surface area is 104 Å². The average Bonchev–Trinajstić information content (AvgIpc) is 2.80. The highest BCUT2D eigenvalue weighted by atomic mass is 16.4. The normalized spacial score (nSPS) is 12.9. The molecule has 0 aliphatic carbocycles. The van der Waals surface area contributed by atoms with Gasteiger partial charge in [-0.25, -0.2) is 0 Å². The maximum atomic E-state index is 5.64. The van der Waals surface area contributed by atoms with Crippen LogP contribution in [0.25, 0.3) is 0 Å². The molecule has 1 N–H and O–H groups in total. The van der Waals surface area contributed by atoms with Gasteiger partial charge in [0.05, 0.1) is 6.04 Å². The molecule has 0 saturated carbocycles. The lowest BCUT2D eigenvalue weighted by molar-refractivity contribution is 0.389. The van der Waals surface area contributed by atoms with Gasteiger partial charge in [-0.2, -0.15) is 0 Å². The number of nitrogens with zero attached hydrogens (tertiary/aromatic N) is 2. The zero-order chi connectivity index (χ0) is 12.5. The predicted octanol–water partition coefficient (Wildman–Crippen LogP) is 3.25. The first-order chi connectivity index (χ1) is 8.27. The summed E-state index contributed by atoms with van der Waals surface area (Å²) >= 11 is 0. The van der Waals surface area contributed by atoms with E-state index in [1.54, 1.807) is 0 Å². The average molecular weight is 239 g/mol. The number of nitrogens with one attached hydrogen (secondary N) is 1. The lowest BCUT2D eigenvalue weighted by atomic mass is 10.1. The zero-order valence-electron chi connectivity index (χ0n) is 11.3. The van der Waals surface area contributed by atoms with Crippen LogP contribution in [0.2, 0.25) is 0 Å². The molecule has 4 heteroatoms. The Morgan fingerprint density at radius 3 is 2.65 bits per heavy atom. The van der Waals surface area contributed by atoms with Gasteiger partial charge in [-0.1, -0.05) is 33.1 Å². The minimum Gasteiger partial charge on any atom is -0.424 e. The number of rotatable bonds is 9. The van der Waals surface area contributed by atoms with Crippen LogP contribution in [0.15, 0.2) is 4.42 Å². The van der Waals surface area contributed by atoms with Crippen molar-refractivity contribution in [2.24, 2.45) is 0 Å². The highest BCUT2D eigenvalue weighted by molar-refractivity contribution is 4.88. The molecule has 4 nitrogen and oxygen atoms in total. The molecule has 98 valence electrons. The number of hydrogen-bond donors (Lipinski definition) is 1. The predicted molar refractivity (Wildman–Crippen MR) is 68.9 cm³/mol. The van der Waals surface area contributed by atoms with Crippen molar-refractivity contribution in [3.05, 3.63) is 11.8 Å². The summed E-state index contributed by atoms with van der Waals surface area (Å²) in [5, 5.41) is 11.5. The van der Waals surface area contributed by atoms with E-state index >= 15 is 0 Å². The van der Waals surface area contributed by atoms with E-state index in [0.717, 1.165) is 31.7 Å². The Hall–Kier alpha value is -0.900. The fourth-order valence-corrected chi connectivity index (χ4v) is 1.69. The lowest BCUT2D eigenvalue weighted by Crippen LogP contribution is -2.19. The Kier molecular flexibility index (Phi) is 6.86. The number of aromatic nitrogens is 2. The summed E-state index contributed by atoms with van der Waals surface area (Å²) in [4.78, 5) is 0. The van der Waals surface area contributed by atoms with E-state index in [1.807, 2.05) is 0 Å². The summed E-state index contributed by atoms with van der Waals surface area (Å²) in [6.07, 6.45) is 6.96. The summed E-state index contributed by atoms with van der Waals surface area (Å²) in [6, 6.07) is 0.159. The summed E-state index contributed by atoms with van der Waals surface area (Å²) in [5.41, 5.74) is 0. The van der Waals surface area contributed by atoms with Gasteiger partial charge in [0.25, 0.3) is 0 Å². The Morgan fingerprint density at radius 2 is 1.94 bits per heavy atom. The monoisotopic (exact) mass is 239 g/mol. The second-order valence-corrected chi connectivity index (χ2v) is 4.52. The van der Waals surface area contributed by atoms with E-state index in [9.17, 15) is 0 Å². The van der Waals surface area contributed by atoms with Crippen molar-refractivity contribution in [1.29, 1.82) is 0 Å². The van der Waals surface area contributed by atoms with Crippen LogP contribution in [0.1, 0.15) is 70.7 Å². The second-order valence-electron chi connectivity index (χ2n) is 4.52. The Balaban J connectivity index is 2.31. The third-order valence-corrected chi connectivity index (χ3v) is 2.80. The molecule has 0 bridgehead atoms. The lowest BCUT2D eigenvalue weighted by Gasteiger charge is -2.07. The van der Waals surface area contributed by atoms with Crippen LogP contribution in [-0.2, 0) is 6.42 Å². The summed E-state index contributed by atoms with van der Waals surface area (Å²) in [7, 11) is 0. The van der Waals surface area contributed by atoms with Gasteiger partial charge in [-0.05, 0) is 26.3 Å². The van der Waals surface area contributed by atoms with Crippen LogP contribution in [0.4, 0.5) is 0 Å². The second kappa shape index (κ2) is 8.23. The van der Waals surface area contributed by atoms with E-state index in [1.165, 1.54) is 19.3 Å². The quantitative estimate of drug-likeness (QED) is 0.672. The Bertz CT molecular complexity index is 299. The van der Waals surface area contributed by atoms with Gasteiger partial charge < -0.3 is 9.73 Å². The number of hydrogen-bond acceptors (Lipinski definition) is 4. The minimum absolute atomic E-state index is 0.159. The summed E-state index contributed by atoms with van der Waals surface area (Å²) < 4.78 is 5.64. The van der Waals surface area contributed by atoms with Crippen molar-refractivity contribution >= 4 is 0 Å². The van der Waals surface area contributed by atoms with E-state index < -0.39 is 0 Å². The molecule has 1 atom stereocenters. The van der Waals surface area contributed by atoms with Crippen LogP contribution in [-0.4, -0.2) is 16.7 Å². The van der Waals surface area contributed by atoms with Crippen molar-refractivity contribution in [2.75, 3.05) is 6.54 Å². The maximum absolute atomic E-state index is 5.64. The topological polar surface area (TPSA) is 51.0 Å². The van der Waals surface area contributed by atoms with Crippen molar-refractivity contribution in [2.45, 2.75) is 65.3 Å². The van der Waals surface area contributed by atoms with E-state index in [-0.39, 0.29) is 6.04 Å². The molecule has 0 fully saturated rings. The molecule has 1 unspecified atom stereocenters. The molecule has 1 rings (SSSR count). The SMILES string of the molecule is CCCCCCc1nnc(C(C)NCCC)o1. The van der Waals surface area contributed by atoms with Gasteiger partial charge >= 0.3 is 0 Å². The van der Waals surface area contributed by atoms with Gasteiger partial charge in [-0.15, -0.1) is 10.2 Å². The molecule has 0 spiro atoms. The third-order valence-electron chi connectivity index (χ3n) is 2.80. The molecular formula is C13H25N3O. The highest BCUT2D eigenvalue weighted by Crippen LogP contribution is 2.12. The van der Waals surface area contributed by atoms with Gasteiger partial charge in [0.2, 0.25) is 11.8 Å². The third kappa shape index (κ3) is 5.31. The fraction of sp³-hybridized carbons (Fsp3) is 0.846. The molecule has 0 aliphatic rings. The molecule has 17 heavy (non-hydrogen) atoms. The molecule has 0 aromatic carbocycles. The summed E-state index contributed by atoms with van der Waals surface area (Å²) in [6.45, 7) is 7.40. The van der Waals surface area contributed by atoms with Crippen molar-refractivity contribution < 1.29 is 4.42 Å². The van der Waals surface area contributed by atoms with E-state index in [2.05, 4.69) is 36.3 Å². The van der Waals surface area contributed by atoms with Gasteiger partial charge in [-0.3, -0.25) is 0 Å². The number of aryl methyl sites for hydroxylation is 1. The number of unbranched alkanes of at least 4 members (excludes halogenated alkanes) is 3. The zero-order valence-corrected chi connectivity index (χ0v) is 11.3. The molecule has 1 aromatic heterocycles. The van der Waals surface area contributed by atoms with Crippen LogP contribution >= 0.6 is 0 Å². The molecule has 0 saturated heterocycles. The van der Waals surface area contributed by atoms with Crippen molar-refractivity contribution in [1.82, 2.24) is 15.5 Å². The van der Waals surface area contributed by atoms with Crippen LogP contribution in [0, 0.1) is 0 Å². The smallest absolute Gasteiger partial charge is 0.233 e. The molecule has 1 heterocycles. The molecular weight excluding hydrogens is 214 g/mol. The van der Waals surface area contributed by atoms with E-state index in [0.29, 0.717) is 5.89 Å². The minimum atomic E-state index is 0.159. The van der Waals surface area contributed by atoms with Crippen LogP contribution in [0.5, 0.6) is 0 Å². The first-order valence-electron chi connectivity index (χ1n) is 6.83. The van der Waals surface area contributed by atoms with Gasteiger partial charge in [0.15, 0.2) is 0 Å². The highest BCUT2D eigenvalue weighted by Gasteiger charge is 2.12. The van der Waals surface area contributed by atoms with Crippen molar-refractivity contribution in [3.63, 3.8) is 0 Å². The van der Waals surface area contributed by atoms with Gasteiger partial charge in [0, 0.05) is 6.42 Å². The molecule has 0 radical (unpaired) electrons. The van der Waals surface area contributed by atoms with Crippen LogP contribution < -0.4 is 5.32 Å².